The molecule has 0 fully saturated rings. The van der Waals surface area contributed by atoms with E-state index in [-0.39, 0.29) is 11.7 Å². The number of hydrogen-bond donors (Lipinski definition) is 0. The fourth-order valence-electron chi connectivity index (χ4n) is 4.22. The van der Waals surface area contributed by atoms with Crippen molar-refractivity contribution in [1.82, 2.24) is 14.8 Å². The average molecular weight is 430 g/mol. The minimum atomic E-state index is -0.841. The van der Waals surface area contributed by atoms with Crippen molar-refractivity contribution in [2.24, 2.45) is 0 Å². The van der Waals surface area contributed by atoms with E-state index in [0.29, 0.717) is 24.9 Å². The van der Waals surface area contributed by atoms with Gasteiger partial charge in [0, 0.05) is 30.6 Å². The molecular weight excluding hydrogens is 410 g/mol. The smallest absolute Gasteiger partial charge is 0.259 e. The molecule has 0 spiro atoms. The minimum absolute atomic E-state index is 0.140. The normalized spacial score (nSPS) is 13.3. The molecule has 2 aromatic carbocycles. The van der Waals surface area contributed by atoms with Gasteiger partial charge in [-0.05, 0) is 66.3 Å². The number of aryl methyl sites for hydroxylation is 1. The third-order valence-electron chi connectivity index (χ3n) is 5.75. The van der Waals surface area contributed by atoms with Gasteiger partial charge in [-0.1, -0.05) is 18.2 Å². The molecule has 5 rings (SSSR count). The highest BCUT2D eigenvalue weighted by Gasteiger charge is 2.29. The maximum absolute atomic E-state index is 14.3. The molecule has 2 aromatic heterocycles. The van der Waals surface area contributed by atoms with Crippen LogP contribution in [0.15, 0.2) is 67.1 Å². The minimum Gasteiger partial charge on any atom is -0.290 e. The van der Waals surface area contributed by atoms with E-state index in [4.69, 9.17) is 0 Å². The van der Waals surface area contributed by atoms with Crippen LogP contribution >= 0.6 is 0 Å². The quantitative estimate of drug-likeness (QED) is 0.474. The van der Waals surface area contributed by atoms with Crippen LogP contribution in [0.2, 0.25) is 0 Å². The summed E-state index contributed by atoms with van der Waals surface area (Å²) < 4.78 is 29.3. The maximum atomic E-state index is 14.3. The van der Waals surface area contributed by atoms with Gasteiger partial charge >= 0.3 is 0 Å². The zero-order valence-electron chi connectivity index (χ0n) is 17.4. The lowest BCUT2D eigenvalue weighted by Crippen LogP contribution is -2.39. The molecule has 32 heavy (non-hydrogen) atoms. The maximum Gasteiger partial charge on any atom is 0.259 e. The molecule has 1 aliphatic rings. The van der Waals surface area contributed by atoms with Crippen LogP contribution in [0.3, 0.4) is 0 Å². The van der Waals surface area contributed by atoms with Crippen molar-refractivity contribution in [3.05, 3.63) is 107 Å². The summed E-state index contributed by atoms with van der Waals surface area (Å²) in [6.45, 7) is 2.29. The molecule has 4 aromatic rings. The van der Waals surface area contributed by atoms with Crippen LogP contribution in [-0.4, -0.2) is 27.2 Å². The van der Waals surface area contributed by atoms with Crippen molar-refractivity contribution in [3.63, 3.8) is 0 Å². The largest absolute Gasteiger partial charge is 0.290 e. The Kier molecular flexibility index (Phi) is 5.01. The summed E-state index contributed by atoms with van der Waals surface area (Å²) >= 11 is 0. The number of hydrogen-bond acceptors (Lipinski definition) is 3. The number of anilines is 1. The highest BCUT2D eigenvalue weighted by molar-refractivity contribution is 6.08. The predicted molar refractivity (Wildman–Crippen MR) is 117 cm³/mol. The Morgan fingerprint density at radius 1 is 1.06 bits per heavy atom. The van der Waals surface area contributed by atoms with Crippen LogP contribution in [0.4, 0.5) is 14.6 Å². The molecule has 0 unspecified atom stereocenters. The Morgan fingerprint density at radius 3 is 2.59 bits per heavy atom. The van der Waals surface area contributed by atoms with Crippen molar-refractivity contribution < 1.29 is 13.6 Å². The van der Waals surface area contributed by atoms with Gasteiger partial charge in [0.25, 0.3) is 5.91 Å². The van der Waals surface area contributed by atoms with Gasteiger partial charge in [-0.3, -0.25) is 9.69 Å². The van der Waals surface area contributed by atoms with E-state index in [9.17, 15) is 13.6 Å². The van der Waals surface area contributed by atoms with Gasteiger partial charge in [-0.2, -0.15) is 5.10 Å². The van der Waals surface area contributed by atoms with Crippen molar-refractivity contribution in [3.8, 4) is 5.69 Å². The number of carbonyl (C=O) groups is 1. The number of nitrogens with zero attached hydrogens (tertiary/aromatic N) is 4. The number of aromatic nitrogens is 3. The summed E-state index contributed by atoms with van der Waals surface area (Å²) in [5.41, 5.74) is 5.62. The fourth-order valence-corrected chi connectivity index (χ4v) is 4.22. The van der Waals surface area contributed by atoms with Crippen molar-refractivity contribution in [2.45, 2.75) is 19.8 Å². The summed E-state index contributed by atoms with van der Waals surface area (Å²) in [5, 5.41) is 4.23. The van der Waals surface area contributed by atoms with Gasteiger partial charge in [0.1, 0.15) is 5.82 Å². The molecule has 1 aliphatic heterocycles. The van der Waals surface area contributed by atoms with Crippen LogP contribution in [0.5, 0.6) is 0 Å². The highest BCUT2D eigenvalue weighted by Crippen LogP contribution is 2.29. The second kappa shape index (κ2) is 8.00. The van der Waals surface area contributed by atoms with E-state index >= 15 is 0 Å². The zero-order chi connectivity index (χ0) is 22.2. The van der Waals surface area contributed by atoms with Gasteiger partial charge in [0.05, 0.1) is 11.9 Å². The molecule has 160 valence electrons. The molecule has 7 heteroatoms. The van der Waals surface area contributed by atoms with Crippen molar-refractivity contribution >= 4 is 11.7 Å². The van der Waals surface area contributed by atoms with Crippen LogP contribution < -0.4 is 4.90 Å². The summed E-state index contributed by atoms with van der Waals surface area (Å²) in [6.07, 6.45) is 5.79. The van der Waals surface area contributed by atoms with Crippen LogP contribution in [-0.2, 0) is 12.8 Å². The third kappa shape index (κ3) is 3.66. The molecular formula is C25H20F2N4O. The number of carbonyl (C=O) groups excluding carboxylic acids is 1. The molecule has 0 aliphatic carbocycles. The summed E-state index contributed by atoms with van der Waals surface area (Å²) in [7, 11) is 0. The Morgan fingerprint density at radius 2 is 1.88 bits per heavy atom. The van der Waals surface area contributed by atoms with Gasteiger partial charge in [0.15, 0.2) is 11.6 Å². The first kappa shape index (κ1) is 20.1. The number of rotatable bonds is 4. The molecule has 3 heterocycles. The van der Waals surface area contributed by atoms with Crippen molar-refractivity contribution in [2.75, 3.05) is 11.4 Å². The van der Waals surface area contributed by atoms with Gasteiger partial charge < -0.3 is 0 Å². The lowest BCUT2D eigenvalue weighted by molar-refractivity contribution is 0.0978. The Hall–Kier alpha value is -3.87. The van der Waals surface area contributed by atoms with Crippen LogP contribution in [0.1, 0.15) is 32.6 Å². The van der Waals surface area contributed by atoms with Crippen LogP contribution in [0.25, 0.3) is 5.69 Å². The second-order valence-electron chi connectivity index (χ2n) is 7.90. The summed E-state index contributed by atoms with van der Waals surface area (Å²) in [6, 6.07) is 14.7. The molecule has 0 saturated heterocycles. The monoisotopic (exact) mass is 430 g/mol. The molecule has 1 amide bonds. The number of benzene rings is 2. The number of amides is 1. The van der Waals surface area contributed by atoms with Gasteiger partial charge in [-0.15, -0.1) is 0 Å². The lowest BCUT2D eigenvalue weighted by Gasteiger charge is -2.29. The Balaban J connectivity index is 1.43. The second-order valence-corrected chi connectivity index (χ2v) is 7.90. The topological polar surface area (TPSA) is 51.0 Å². The Bertz CT molecular complexity index is 1300. The number of fused-ring (bicyclic) bond motifs is 1. The molecule has 5 nitrogen and oxygen atoms in total. The molecule has 0 saturated carbocycles. The molecule has 0 radical (unpaired) electrons. The van der Waals surface area contributed by atoms with E-state index in [2.05, 4.69) is 16.1 Å². The molecule has 0 N–H and O–H groups in total. The SMILES string of the molecule is Cc1cc(Cc2ccc(-n3cccn3)cc2)cc2c1CCN(c1ncc(F)cc1F)C2=O. The van der Waals surface area contributed by atoms with E-state index < -0.39 is 11.6 Å². The predicted octanol–water partition coefficient (Wildman–Crippen LogP) is 4.65. The molecule has 0 bridgehead atoms. The van der Waals surface area contributed by atoms with E-state index in [1.807, 2.05) is 49.5 Å². The van der Waals surface area contributed by atoms with Crippen LogP contribution in [0, 0.1) is 18.6 Å². The number of pyridine rings is 1. The average Bonchev–Trinajstić information content (AvgIpc) is 3.31. The lowest BCUT2D eigenvalue weighted by atomic mass is 9.90. The van der Waals surface area contributed by atoms with Gasteiger partial charge in [-0.25, -0.2) is 18.4 Å². The van der Waals surface area contributed by atoms with Gasteiger partial charge in [0.2, 0.25) is 0 Å². The van der Waals surface area contributed by atoms with Crippen molar-refractivity contribution in [1.29, 1.82) is 0 Å². The summed E-state index contributed by atoms with van der Waals surface area (Å²) in [5.74, 6) is -2.07. The first-order chi connectivity index (χ1) is 15.5. The third-order valence-corrected chi connectivity index (χ3v) is 5.75. The fraction of sp³-hybridized carbons (Fsp3) is 0.160. The van der Waals surface area contributed by atoms with E-state index in [1.54, 1.807) is 10.9 Å². The first-order valence-electron chi connectivity index (χ1n) is 10.3. The number of halogens is 2. The first-order valence-corrected chi connectivity index (χ1v) is 10.3. The molecule has 0 atom stereocenters. The standard InChI is InChI=1S/C25H20F2N4O/c1-16-11-18(12-17-3-5-20(6-4-17)31-9-2-8-29-31)13-22-21(16)7-10-30(25(22)32)24-23(27)14-19(26)15-28-24/h2-6,8-9,11,13-15H,7,10,12H2,1H3. The summed E-state index contributed by atoms with van der Waals surface area (Å²) in [4.78, 5) is 18.3. The van der Waals surface area contributed by atoms with E-state index in [1.165, 1.54) is 4.90 Å². The van der Waals surface area contributed by atoms with E-state index in [0.717, 1.165) is 40.2 Å². The highest BCUT2D eigenvalue weighted by atomic mass is 19.1. The Labute approximate surface area is 184 Å². The zero-order valence-corrected chi connectivity index (χ0v) is 17.4.